The first kappa shape index (κ1) is 30.2. The van der Waals surface area contributed by atoms with Crippen LogP contribution in [0.4, 0.5) is 0 Å². The number of hydrogen-bond acceptors (Lipinski definition) is 6. The highest BCUT2D eigenvalue weighted by Crippen LogP contribution is 2.59. The average Bonchev–Trinajstić information content (AvgIpc) is 3.83. The predicted octanol–water partition coefficient (Wildman–Crippen LogP) is 7.33. The van der Waals surface area contributed by atoms with Crippen molar-refractivity contribution in [2.45, 2.75) is 78.1 Å². The summed E-state index contributed by atoms with van der Waals surface area (Å²) in [6.07, 6.45) is 11.4. The molecule has 1 aromatic carbocycles. The van der Waals surface area contributed by atoms with Crippen LogP contribution in [0.1, 0.15) is 102 Å². The molecule has 0 bridgehead atoms. The van der Waals surface area contributed by atoms with E-state index in [1.165, 1.54) is 11.1 Å². The molecule has 2 aromatic heterocycles. The molecule has 0 amide bonds. The van der Waals surface area contributed by atoms with Crippen LogP contribution in [0.25, 0.3) is 6.08 Å². The molecule has 0 saturated heterocycles. The lowest BCUT2D eigenvalue weighted by Crippen LogP contribution is -2.42. The van der Waals surface area contributed by atoms with Gasteiger partial charge in [0.05, 0.1) is 24.9 Å². The maximum absolute atomic E-state index is 13.3. The third-order valence-electron chi connectivity index (χ3n) is 11.1. The van der Waals surface area contributed by atoms with Gasteiger partial charge in [0.25, 0.3) is 0 Å². The number of hydrogen-bond donors (Lipinski definition) is 2. The van der Waals surface area contributed by atoms with E-state index in [2.05, 4.69) is 23.0 Å². The third-order valence-corrected chi connectivity index (χ3v) is 11.1. The van der Waals surface area contributed by atoms with Gasteiger partial charge < -0.3 is 19.4 Å². The first-order chi connectivity index (χ1) is 22.2. The van der Waals surface area contributed by atoms with Gasteiger partial charge in [-0.05, 0) is 111 Å². The van der Waals surface area contributed by atoms with Crippen LogP contribution in [0.2, 0.25) is 0 Å². The smallest absolute Gasteiger partial charge is 0.311 e. The molecule has 0 radical (unpaired) electrons. The van der Waals surface area contributed by atoms with Gasteiger partial charge in [0, 0.05) is 47.5 Å². The molecule has 238 valence electrons. The van der Waals surface area contributed by atoms with E-state index in [1.54, 1.807) is 7.11 Å². The number of aliphatic imine (C=N–C) groups is 1. The molecule has 2 fully saturated rings. The second-order valence-corrected chi connectivity index (χ2v) is 13.6. The summed E-state index contributed by atoms with van der Waals surface area (Å²) in [6, 6.07) is 9.89. The normalized spacial score (nSPS) is 25.9. The van der Waals surface area contributed by atoms with E-state index in [9.17, 15) is 14.4 Å². The number of ketones is 2. The van der Waals surface area contributed by atoms with Crippen LogP contribution in [0.5, 0.6) is 5.75 Å². The third kappa shape index (κ3) is 5.17. The van der Waals surface area contributed by atoms with Gasteiger partial charge in [-0.25, -0.2) is 4.99 Å². The molecule has 4 atom stereocenters. The molecule has 7 rings (SSSR count). The summed E-state index contributed by atoms with van der Waals surface area (Å²) in [5.41, 5.74) is 7.71. The molecule has 3 aliphatic carbocycles. The monoisotopic (exact) mass is 619 g/mol. The Morgan fingerprint density at radius 2 is 1.96 bits per heavy atom. The molecule has 46 heavy (non-hydrogen) atoms. The Bertz CT molecular complexity index is 1820. The van der Waals surface area contributed by atoms with E-state index < -0.39 is 5.97 Å². The molecule has 8 heteroatoms. The molecule has 2 N–H and O–H groups in total. The van der Waals surface area contributed by atoms with E-state index in [0.717, 1.165) is 66.9 Å². The summed E-state index contributed by atoms with van der Waals surface area (Å²) in [4.78, 5) is 50.1. The van der Waals surface area contributed by atoms with Crippen molar-refractivity contribution in [3.05, 3.63) is 93.4 Å². The number of aromatic nitrogens is 2. The Morgan fingerprint density at radius 1 is 1.11 bits per heavy atom. The van der Waals surface area contributed by atoms with Crippen molar-refractivity contribution in [3.63, 3.8) is 0 Å². The van der Waals surface area contributed by atoms with Crippen molar-refractivity contribution < 1.29 is 23.9 Å². The fourth-order valence-corrected chi connectivity index (χ4v) is 8.70. The van der Waals surface area contributed by atoms with Crippen molar-refractivity contribution in [1.29, 1.82) is 0 Å². The van der Waals surface area contributed by atoms with E-state index in [4.69, 9.17) is 14.5 Å². The summed E-state index contributed by atoms with van der Waals surface area (Å²) in [5.74, 6) is 2.63. The van der Waals surface area contributed by atoms with Crippen LogP contribution >= 0.6 is 0 Å². The maximum atomic E-state index is 13.3. The number of nitrogens with one attached hydrogen (secondary N) is 2. The minimum atomic E-state index is -0.417. The number of benzene rings is 1. The summed E-state index contributed by atoms with van der Waals surface area (Å²) in [5, 5.41) is 0. The first-order valence-corrected chi connectivity index (χ1v) is 16.5. The van der Waals surface area contributed by atoms with Gasteiger partial charge in [-0.2, -0.15) is 0 Å². The van der Waals surface area contributed by atoms with Gasteiger partial charge in [0.2, 0.25) is 0 Å². The second-order valence-electron chi connectivity index (χ2n) is 13.6. The number of fused-ring (bicyclic) bond motifs is 5. The van der Waals surface area contributed by atoms with Crippen LogP contribution in [0.15, 0.2) is 59.1 Å². The minimum Gasteiger partial charge on any atom is -0.494 e. The van der Waals surface area contributed by atoms with Crippen molar-refractivity contribution in [1.82, 2.24) is 9.97 Å². The van der Waals surface area contributed by atoms with E-state index in [1.807, 2.05) is 56.5 Å². The zero-order chi connectivity index (χ0) is 32.2. The van der Waals surface area contributed by atoms with Crippen LogP contribution < -0.4 is 4.74 Å². The topological polar surface area (TPSA) is 114 Å². The molecule has 1 aliphatic heterocycles. The zero-order valence-corrected chi connectivity index (χ0v) is 27.0. The SMILES string of the molecule is COC1=CC(c2ccc[nH]2)=N/C1=C\c1[nH]c(C)c(C(=O)CCC(=O)Oc2ccc3c(c2)CC[C@@H]2[C@@H]3CC[C@]3(C)C(=O)CC[C@@H]23)c1C. The number of methoxy groups -OCH3 is 1. The number of carbonyl (C=O) groups is 3. The summed E-state index contributed by atoms with van der Waals surface area (Å²) >= 11 is 0. The fraction of sp³-hybridized carbons (Fsp3) is 0.421. The molecule has 8 nitrogen and oxygen atoms in total. The number of nitrogens with zero attached hydrogens (tertiary/aromatic N) is 1. The molecular formula is C38H41N3O5. The zero-order valence-electron chi connectivity index (χ0n) is 27.0. The largest absolute Gasteiger partial charge is 0.494 e. The lowest BCUT2D eigenvalue weighted by molar-refractivity contribution is -0.134. The van der Waals surface area contributed by atoms with Crippen LogP contribution in [-0.2, 0) is 20.7 Å². The number of carbonyl (C=O) groups excluding carboxylic acids is 3. The van der Waals surface area contributed by atoms with E-state index >= 15 is 0 Å². The lowest BCUT2D eigenvalue weighted by atomic mass is 9.55. The number of esters is 1. The van der Waals surface area contributed by atoms with Gasteiger partial charge in [-0.1, -0.05) is 13.0 Å². The molecule has 2 saturated carbocycles. The Balaban J connectivity index is 0.991. The highest BCUT2D eigenvalue weighted by atomic mass is 16.5. The minimum absolute atomic E-state index is 0.00421. The van der Waals surface area contributed by atoms with Crippen LogP contribution in [0, 0.1) is 31.1 Å². The van der Waals surface area contributed by atoms with Gasteiger partial charge in [-0.3, -0.25) is 14.4 Å². The van der Waals surface area contributed by atoms with Gasteiger partial charge in [-0.15, -0.1) is 0 Å². The number of H-pyrrole nitrogens is 2. The Morgan fingerprint density at radius 3 is 2.74 bits per heavy atom. The molecular weight excluding hydrogens is 578 g/mol. The van der Waals surface area contributed by atoms with Gasteiger partial charge in [0.15, 0.2) is 5.78 Å². The van der Waals surface area contributed by atoms with Crippen molar-refractivity contribution in [3.8, 4) is 5.75 Å². The van der Waals surface area contributed by atoms with E-state index in [0.29, 0.717) is 46.3 Å². The number of ether oxygens (including phenoxy) is 2. The van der Waals surface area contributed by atoms with Gasteiger partial charge >= 0.3 is 5.97 Å². The Labute approximate surface area is 269 Å². The highest BCUT2D eigenvalue weighted by molar-refractivity contribution is 6.11. The quantitative estimate of drug-likeness (QED) is 0.156. The maximum Gasteiger partial charge on any atom is 0.311 e. The van der Waals surface area contributed by atoms with E-state index in [-0.39, 0.29) is 24.0 Å². The molecule has 4 aliphatic rings. The number of allylic oxidation sites excluding steroid dienone is 1. The first-order valence-electron chi connectivity index (χ1n) is 16.5. The molecule has 3 heterocycles. The molecule has 3 aromatic rings. The number of aryl methyl sites for hydroxylation is 2. The number of aromatic amines is 2. The Kier molecular flexibility index (Phi) is 7.70. The average molecular weight is 620 g/mol. The summed E-state index contributed by atoms with van der Waals surface area (Å²) < 4.78 is 11.3. The molecule has 0 spiro atoms. The number of rotatable bonds is 8. The van der Waals surface area contributed by atoms with Crippen LogP contribution in [0.3, 0.4) is 0 Å². The number of Topliss-reactive ketones (excluding diaryl/α,β-unsaturated/α-hetero) is 2. The Hall–Kier alpha value is -4.46. The summed E-state index contributed by atoms with van der Waals surface area (Å²) in [7, 11) is 1.61. The fourth-order valence-electron chi connectivity index (χ4n) is 8.70. The highest BCUT2D eigenvalue weighted by Gasteiger charge is 2.54. The van der Waals surface area contributed by atoms with Crippen molar-refractivity contribution in [2.24, 2.45) is 22.2 Å². The van der Waals surface area contributed by atoms with Gasteiger partial charge in [0.1, 0.15) is 23.0 Å². The molecule has 0 unspecified atom stereocenters. The van der Waals surface area contributed by atoms with Crippen molar-refractivity contribution in [2.75, 3.05) is 7.11 Å². The standard InChI is InChI=1S/C38H41N3O5/c1-21-30(19-32-34(45-4)20-31(41-32)29-6-5-17-39-29)40-22(2)37(21)33(42)12-14-36(44)46-24-8-10-25-23(18-24)7-9-27-26(25)15-16-38(3)28(27)11-13-35(38)43/h5-6,8,10,17-20,26-28,39-40H,7,9,11-16H2,1-4H3/b32-19-/t26-,27-,28+,38+/m1/s1. The van der Waals surface area contributed by atoms with Crippen molar-refractivity contribution >= 4 is 29.3 Å². The predicted molar refractivity (Wildman–Crippen MR) is 176 cm³/mol. The summed E-state index contributed by atoms with van der Waals surface area (Å²) in [6.45, 7) is 5.96. The van der Waals surface area contributed by atoms with Crippen LogP contribution in [-0.4, -0.2) is 40.3 Å². The lowest BCUT2D eigenvalue weighted by Gasteiger charge is -2.48. The second kappa shape index (κ2) is 11.7.